The molecule has 1 saturated carbocycles. The maximum absolute atomic E-state index is 12.3. The molecule has 0 heterocycles. The minimum Gasteiger partial charge on any atom is -0.465 e. The maximum atomic E-state index is 12.3. The summed E-state index contributed by atoms with van der Waals surface area (Å²) in [5.41, 5.74) is 5.49. The Morgan fingerprint density at radius 2 is 1.75 bits per heavy atom. The second-order valence-electron chi connectivity index (χ2n) is 6.57. The summed E-state index contributed by atoms with van der Waals surface area (Å²) in [6.45, 7) is 5.48. The first-order chi connectivity index (χ1) is 9.64. The van der Waals surface area contributed by atoms with Crippen molar-refractivity contribution < 1.29 is 9.53 Å². The first-order valence-electron chi connectivity index (χ1n) is 8.52. The van der Waals surface area contributed by atoms with Crippen molar-refractivity contribution in [2.75, 3.05) is 13.2 Å². The molecule has 0 spiro atoms. The van der Waals surface area contributed by atoms with Gasteiger partial charge in [-0.2, -0.15) is 0 Å². The average molecular weight is 283 g/mol. The number of ether oxygens (including phenoxy) is 1. The standard InChI is InChI=1S/C17H33NO2/c1-3-4-5-6-7-8-13-20-16(19)17(14-18)11-9-15(2)10-12-17/h15H,3-14,18H2,1-2H3. The highest BCUT2D eigenvalue weighted by Gasteiger charge is 2.41. The van der Waals surface area contributed by atoms with Gasteiger partial charge >= 0.3 is 5.97 Å². The number of carbonyl (C=O) groups is 1. The molecule has 0 saturated heterocycles. The summed E-state index contributed by atoms with van der Waals surface area (Å²) >= 11 is 0. The number of rotatable bonds is 9. The second kappa shape index (κ2) is 9.38. The van der Waals surface area contributed by atoms with Gasteiger partial charge in [0.1, 0.15) is 0 Å². The summed E-state index contributed by atoms with van der Waals surface area (Å²) in [6, 6.07) is 0. The van der Waals surface area contributed by atoms with E-state index in [1.54, 1.807) is 0 Å². The molecule has 0 radical (unpaired) electrons. The molecule has 0 aromatic rings. The van der Waals surface area contributed by atoms with Crippen LogP contribution < -0.4 is 5.73 Å². The highest BCUT2D eigenvalue weighted by atomic mass is 16.5. The van der Waals surface area contributed by atoms with E-state index in [-0.39, 0.29) is 11.4 Å². The number of hydrogen-bond donors (Lipinski definition) is 1. The lowest BCUT2D eigenvalue weighted by atomic mass is 9.71. The number of unbranched alkanes of at least 4 members (excludes halogenated alkanes) is 5. The van der Waals surface area contributed by atoms with Crippen LogP contribution in [0, 0.1) is 11.3 Å². The van der Waals surface area contributed by atoms with E-state index in [0.29, 0.717) is 13.2 Å². The molecule has 0 aromatic carbocycles. The van der Waals surface area contributed by atoms with E-state index in [1.807, 2.05) is 0 Å². The van der Waals surface area contributed by atoms with Gasteiger partial charge in [0.05, 0.1) is 12.0 Å². The first-order valence-corrected chi connectivity index (χ1v) is 8.52. The normalized spacial score (nSPS) is 26.4. The minimum absolute atomic E-state index is 0.0412. The van der Waals surface area contributed by atoms with Gasteiger partial charge in [0, 0.05) is 6.54 Å². The molecule has 1 aliphatic carbocycles. The molecule has 3 nitrogen and oxygen atoms in total. The van der Waals surface area contributed by atoms with Crippen LogP contribution in [0.25, 0.3) is 0 Å². The van der Waals surface area contributed by atoms with E-state index in [1.165, 1.54) is 32.1 Å². The molecule has 1 aliphatic rings. The molecule has 0 amide bonds. The quantitative estimate of drug-likeness (QED) is 0.513. The molecule has 0 bridgehead atoms. The van der Waals surface area contributed by atoms with Gasteiger partial charge < -0.3 is 10.5 Å². The predicted octanol–water partition coefficient (Wildman–Crippen LogP) is 4.05. The molecule has 20 heavy (non-hydrogen) atoms. The van der Waals surface area contributed by atoms with Crippen molar-refractivity contribution in [1.29, 1.82) is 0 Å². The van der Waals surface area contributed by atoms with Crippen molar-refractivity contribution in [3.63, 3.8) is 0 Å². The van der Waals surface area contributed by atoms with Crippen molar-refractivity contribution in [2.45, 2.75) is 78.1 Å². The molecule has 0 atom stereocenters. The molecular formula is C17H33NO2. The van der Waals surface area contributed by atoms with Gasteiger partial charge in [-0.3, -0.25) is 4.79 Å². The third-order valence-electron chi connectivity index (χ3n) is 4.79. The van der Waals surface area contributed by atoms with E-state index in [0.717, 1.165) is 38.0 Å². The van der Waals surface area contributed by atoms with Gasteiger partial charge in [0.2, 0.25) is 0 Å². The fourth-order valence-electron chi connectivity index (χ4n) is 3.01. The zero-order valence-electron chi connectivity index (χ0n) is 13.5. The number of nitrogens with two attached hydrogens (primary N) is 1. The lowest BCUT2D eigenvalue weighted by Crippen LogP contribution is -2.42. The summed E-state index contributed by atoms with van der Waals surface area (Å²) < 4.78 is 5.50. The Bertz CT molecular complexity index is 270. The number of carbonyl (C=O) groups excluding carboxylic acids is 1. The topological polar surface area (TPSA) is 52.3 Å². The van der Waals surface area contributed by atoms with Crippen molar-refractivity contribution in [3.8, 4) is 0 Å². The molecule has 0 aromatic heterocycles. The van der Waals surface area contributed by atoms with Crippen molar-refractivity contribution >= 4 is 5.97 Å². The Hall–Kier alpha value is -0.570. The molecule has 0 aliphatic heterocycles. The summed E-state index contributed by atoms with van der Waals surface area (Å²) in [6.07, 6.45) is 11.3. The first kappa shape index (κ1) is 17.5. The number of esters is 1. The Labute approximate surface area is 124 Å². The fourth-order valence-corrected chi connectivity index (χ4v) is 3.01. The molecule has 1 fully saturated rings. The van der Waals surface area contributed by atoms with Crippen molar-refractivity contribution in [1.82, 2.24) is 0 Å². The smallest absolute Gasteiger partial charge is 0.313 e. The summed E-state index contributed by atoms with van der Waals surface area (Å²) in [4.78, 5) is 12.3. The third-order valence-corrected chi connectivity index (χ3v) is 4.79. The Kier molecular flexibility index (Phi) is 8.20. The van der Waals surface area contributed by atoms with Crippen LogP contribution in [0.5, 0.6) is 0 Å². The third kappa shape index (κ3) is 5.43. The Morgan fingerprint density at radius 3 is 2.35 bits per heavy atom. The SMILES string of the molecule is CCCCCCCCOC(=O)C1(CN)CCC(C)CC1. The van der Waals surface area contributed by atoms with Gasteiger partial charge in [-0.15, -0.1) is 0 Å². The molecule has 2 N–H and O–H groups in total. The monoisotopic (exact) mass is 283 g/mol. The van der Waals surface area contributed by atoms with E-state index in [4.69, 9.17) is 10.5 Å². The van der Waals surface area contributed by atoms with Crippen LogP contribution in [0.1, 0.15) is 78.1 Å². The van der Waals surface area contributed by atoms with Crippen molar-refractivity contribution in [3.05, 3.63) is 0 Å². The van der Waals surface area contributed by atoms with Gasteiger partial charge in [0.15, 0.2) is 0 Å². The molecule has 3 heteroatoms. The minimum atomic E-state index is -0.380. The van der Waals surface area contributed by atoms with E-state index in [2.05, 4.69) is 13.8 Å². The maximum Gasteiger partial charge on any atom is 0.313 e. The Morgan fingerprint density at radius 1 is 1.15 bits per heavy atom. The molecular weight excluding hydrogens is 250 g/mol. The van der Waals surface area contributed by atoms with Crippen LogP contribution in [0.2, 0.25) is 0 Å². The summed E-state index contributed by atoms with van der Waals surface area (Å²) in [7, 11) is 0. The highest BCUT2D eigenvalue weighted by molar-refractivity contribution is 5.77. The van der Waals surface area contributed by atoms with Crippen LogP contribution in [-0.2, 0) is 9.53 Å². The molecule has 118 valence electrons. The van der Waals surface area contributed by atoms with Crippen molar-refractivity contribution in [2.24, 2.45) is 17.1 Å². The van der Waals surface area contributed by atoms with Crippen LogP contribution in [-0.4, -0.2) is 19.1 Å². The van der Waals surface area contributed by atoms with Gasteiger partial charge in [-0.05, 0) is 38.0 Å². The van der Waals surface area contributed by atoms with Crippen LogP contribution in [0.3, 0.4) is 0 Å². The van der Waals surface area contributed by atoms with Gasteiger partial charge in [-0.25, -0.2) is 0 Å². The second-order valence-corrected chi connectivity index (χ2v) is 6.57. The van der Waals surface area contributed by atoms with E-state index < -0.39 is 0 Å². The molecule has 1 rings (SSSR count). The summed E-state index contributed by atoms with van der Waals surface area (Å²) in [5.74, 6) is 0.682. The lowest BCUT2D eigenvalue weighted by molar-refractivity contribution is -0.158. The van der Waals surface area contributed by atoms with Gasteiger partial charge in [-0.1, -0.05) is 46.0 Å². The lowest BCUT2D eigenvalue weighted by Gasteiger charge is -2.36. The van der Waals surface area contributed by atoms with Gasteiger partial charge in [0.25, 0.3) is 0 Å². The van der Waals surface area contributed by atoms with Crippen LogP contribution in [0.4, 0.5) is 0 Å². The van der Waals surface area contributed by atoms with E-state index >= 15 is 0 Å². The van der Waals surface area contributed by atoms with Crippen LogP contribution >= 0.6 is 0 Å². The fraction of sp³-hybridized carbons (Fsp3) is 0.941. The zero-order chi connectivity index (χ0) is 14.8. The van der Waals surface area contributed by atoms with Crippen LogP contribution in [0.15, 0.2) is 0 Å². The Balaban J connectivity index is 2.20. The number of hydrogen-bond acceptors (Lipinski definition) is 3. The molecule has 0 unspecified atom stereocenters. The average Bonchev–Trinajstić information content (AvgIpc) is 2.47. The largest absolute Gasteiger partial charge is 0.465 e. The zero-order valence-corrected chi connectivity index (χ0v) is 13.5. The highest BCUT2D eigenvalue weighted by Crippen LogP contribution is 2.39. The predicted molar refractivity (Wildman–Crippen MR) is 83.5 cm³/mol. The van der Waals surface area contributed by atoms with E-state index in [9.17, 15) is 4.79 Å². The summed E-state index contributed by atoms with van der Waals surface area (Å²) in [5, 5.41) is 0.